The summed E-state index contributed by atoms with van der Waals surface area (Å²) in [7, 11) is -3.63. The number of aromatic nitrogens is 3. The van der Waals surface area contributed by atoms with Crippen LogP contribution in [0.4, 0.5) is 5.69 Å². The van der Waals surface area contributed by atoms with Crippen molar-refractivity contribution in [3.63, 3.8) is 0 Å². The van der Waals surface area contributed by atoms with Gasteiger partial charge in [-0.05, 0) is 36.4 Å². The molecular formula is C16H17N5O3S. The van der Waals surface area contributed by atoms with Gasteiger partial charge in [-0.1, -0.05) is 6.07 Å². The van der Waals surface area contributed by atoms with Gasteiger partial charge in [0.2, 0.25) is 15.9 Å². The van der Waals surface area contributed by atoms with E-state index in [9.17, 15) is 13.2 Å². The smallest absolute Gasteiger partial charge is 0.240 e. The van der Waals surface area contributed by atoms with Crippen LogP contribution in [0.2, 0.25) is 0 Å². The number of sulfonamides is 1. The summed E-state index contributed by atoms with van der Waals surface area (Å²) in [5, 5.41) is 10.7. The third-order valence-electron chi connectivity index (χ3n) is 3.51. The summed E-state index contributed by atoms with van der Waals surface area (Å²) in [4.78, 5) is 11.1. The number of rotatable bonds is 6. The van der Waals surface area contributed by atoms with Crippen molar-refractivity contribution in [3.05, 3.63) is 54.5 Å². The third-order valence-corrected chi connectivity index (χ3v) is 4.99. The summed E-state index contributed by atoms with van der Waals surface area (Å²) in [6.07, 6.45) is 2.24. The van der Waals surface area contributed by atoms with Crippen molar-refractivity contribution < 1.29 is 13.2 Å². The van der Waals surface area contributed by atoms with E-state index in [1.54, 1.807) is 12.1 Å². The zero-order chi connectivity index (χ0) is 17.9. The number of hydrogen-bond donors (Lipinski definition) is 2. The van der Waals surface area contributed by atoms with Gasteiger partial charge in [-0.25, -0.2) is 13.1 Å². The fraction of sp³-hybridized carbons (Fsp3) is 0.188. The summed E-state index contributed by atoms with van der Waals surface area (Å²) < 4.78 is 29.0. The van der Waals surface area contributed by atoms with E-state index in [1.807, 2.05) is 28.8 Å². The molecule has 0 saturated carbocycles. The molecule has 0 saturated heterocycles. The van der Waals surface area contributed by atoms with Crippen molar-refractivity contribution in [2.45, 2.75) is 18.2 Å². The topological polar surface area (TPSA) is 105 Å². The molecule has 2 heterocycles. The molecule has 0 radical (unpaired) electrons. The first kappa shape index (κ1) is 17.1. The lowest BCUT2D eigenvalue weighted by atomic mass is 10.3. The number of carbonyl (C=O) groups excluding carboxylic acids is 1. The van der Waals surface area contributed by atoms with Crippen molar-refractivity contribution >= 4 is 27.3 Å². The van der Waals surface area contributed by atoms with Crippen LogP contribution in [0.25, 0.3) is 5.65 Å². The molecule has 2 aromatic heterocycles. The standard InChI is InChI=1S/C16H17N5O3S/c1-12(22)18-13-5-7-14(8-6-13)25(23,24)17-10-9-16-20-19-15-4-2-3-11-21(15)16/h2-8,11,17H,9-10H2,1H3,(H,18,22). The van der Waals surface area contributed by atoms with Crippen molar-refractivity contribution in [3.8, 4) is 0 Å². The second kappa shape index (κ2) is 6.99. The van der Waals surface area contributed by atoms with Crippen LogP contribution in [0.1, 0.15) is 12.7 Å². The maximum Gasteiger partial charge on any atom is 0.240 e. The van der Waals surface area contributed by atoms with E-state index in [4.69, 9.17) is 0 Å². The molecule has 130 valence electrons. The lowest BCUT2D eigenvalue weighted by Gasteiger charge is -2.07. The van der Waals surface area contributed by atoms with Crippen LogP contribution in [-0.2, 0) is 21.2 Å². The molecule has 3 aromatic rings. The SMILES string of the molecule is CC(=O)Nc1ccc(S(=O)(=O)NCCc2nnc3ccccn23)cc1. The Morgan fingerprint density at radius 2 is 1.88 bits per heavy atom. The van der Waals surface area contributed by atoms with Crippen molar-refractivity contribution in [2.75, 3.05) is 11.9 Å². The van der Waals surface area contributed by atoms with E-state index in [0.29, 0.717) is 23.6 Å². The van der Waals surface area contributed by atoms with Gasteiger partial charge in [0.15, 0.2) is 5.65 Å². The van der Waals surface area contributed by atoms with Gasteiger partial charge in [0.05, 0.1) is 4.90 Å². The van der Waals surface area contributed by atoms with E-state index in [1.165, 1.54) is 19.1 Å². The van der Waals surface area contributed by atoms with E-state index >= 15 is 0 Å². The van der Waals surface area contributed by atoms with Crippen LogP contribution >= 0.6 is 0 Å². The van der Waals surface area contributed by atoms with E-state index in [-0.39, 0.29) is 17.3 Å². The monoisotopic (exact) mass is 359 g/mol. The Balaban J connectivity index is 1.64. The summed E-state index contributed by atoms with van der Waals surface area (Å²) in [5.74, 6) is 0.466. The number of nitrogens with zero attached hydrogens (tertiary/aromatic N) is 3. The molecule has 0 bridgehead atoms. The average Bonchev–Trinajstić information content (AvgIpc) is 2.98. The van der Waals surface area contributed by atoms with Crippen molar-refractivity contribution in [1.82, 2.24) is 19.3 Å². The van der Waals surface area contributed by atoms with Crippen LogP contribution in [0.15, 0.2) is 53.6 Å². The highest BCUT2D eigenvalue weighted by molar-refractivity contribution is 7.89. The van der Waals surface area contributed by atoms with Crippen molar-refractivity contribution in [1.29, 1.82) is 0 Å². The zero-order valence-corrected chi connectivity index (χ0v) is 14.3. The van der Waals surface area contributed by atoms with Gasteiger partial charge in [0, 0.05) is 31.8 Å². The quantitative estimate of drug-likeness (QED) is 0.688. The van der Waals surface area contributed by atoms with Gasteiger partial charge in [-0.2, -0.15) is 0 Å². The molecule has 0 aliphatic heterocycles. The van der Waals surface area contributed by atoms with E-state index in [0.717, 1.165) is 0 Å². The molecule has 2 N–H and O–H groups in total. The molecule has 25 heavy (non-hydrogen) atoms. The van der Waals surface area contributed by atoms with E-state index in [2.05, 4.69) is 20.2 Å². The molecule has 0 unspecified atom stereocenters. The number of amides is 1. The van der Waals surface area contributed by atoms with Gasteiger partial charge in [0.1, 0.15) is 5.82 Å². The first-order valence-corrected chi connectivity index (χ1v) is 9.10. The predicted octanol–water partition coefficient (Wildman–Crippen LogP) is 1.21. The minimum absolute atomic E-state index is 0.132. The Bertz CT molecular complexity index is 996. The maximum atomic E-state index is 12.3. The predicted molar refractivity (Wildman–Crippen MR) is 92.6 cm³/mol. The fourth-order valence-corrected chi connectivity index (χ4v) is 3.39. The Kier molecular flexibility index (Phi) is 4.77. The first-order chi connectivity index (χ1) is 12.0. The number of anilines is 1. The second-order valence-electron chi connectivity index (χ2n) is 5.40. The molecule has 0 aliphatic carbocycles. The number of carbonyl (C=O) groups is 1. The zero-order valence-electron chi connectivity index (χ0n) is 13.5. The first-order valence-electron chi connectivity index (χ1n) is 7.62. The lowest BCUT2D eigenvalue weighted by Crippen LogP contribution is -2.26. The molecule has 9 heteroatoms. The molecule has 0 fully saturated rings. The molecule has 0 spiro atoms. The average molecular weight is 359 g/mol. The number of pyridine rings is 1. The normalized spacial score (nSPS) is 11.6. The lowest BCUT2D eigenvalue weighted by molar-refractivity contribution is -0.114. The van der Waals surface area contributed by atoms with Crippen LogP contribution in [0, 0.1) is 0 Å². The fourth-order valence-electron chi connectivity index (χ4n) is 2.36. The minimum atomic E-state index is -3.63. The number of nitrogens with one attached hydrogen (secondary N) is 2. The summed E-state index contributed by atoms with van der Waals surface area (Å²) in [6, 6.07) is 11.5. The van der Waals surface area contributed by atoms with Crippen LogP contribution in [-0.4, -0.2) is 35.5 Å². The second-order valence-corrected chi connectivity index (χ2v) is 7.17. The minimum Gasteiger partial charge on any atom is -0.326 e. The summed E-state index contributed by atoms with van der Waals surface area (Å²) >= 11 is 0. The molecule has 1 amide bonds. The highest BCUT2D eigenvalue weighted by Crippen LogP contribution is 2.14. The highest BCUT2D eigenvalue weighted by Gasteiger charge is 2.14. The van der Waals surface area contributed by atoms with Crippen LogP contribution in [0.3, 0.4) is 0 Å². The maximum absolute atomic E-state index is 12.3. The Morgan fingerprint density at radius 3 is 2.60 bits per heavy atom. The number of hydrogen-bond acceptors (Lipinski definition) is 5. The number of fused-ring (bicyclic) bond motifs is 1. The Morgan fingerprint density at radius 1 is 1.12 bits per heavy atom. The van der Waals surface area contributed by atoms with Gasteiger partial charge in [-0.15, -0.1) is 10.2 Å². The molecular weight excluding hydrogens is 342 g/mol. The van der Waals surface area contributed by atoms with Crippen LogP contribution < -0.4 is 10.0 Å². The van der Waals surface area contributed by atoms with Gasteiger partial charge >= 0.3 is 0 Å². The largest absolute Gasteiger partial charge is 0.326 e. The van der Waals surface area contributed by atoms with Gasteiger partial charge in [-0.3, -0.25) is 9.20 Å². The van der Waals surface area contributed by atoms with Gasteiger partial charge < -0.3 is 5.32 Å². The number of benzene rings is 1. The molecule has 3 rings (SSSR count). The molecule has 8 nitrogen and oxygen atoms in total. The molecule has 0 aliphatic rings. The van der Waals surface area contributed by atoms with E-state index < -0.39 is 10.0 Å². The van der Waals surface area contributed by atoms with Crippen LogP contribution in [0.5, 0.6) is 0 Å². The van der Waals surface area contributed by atoms with Gasteiger partial charge in [0.25, 0.3) is 0 Å². The highest BCUT2D eigenvalue weighted by atomic mass is 32.2. The summed E-state index contributed by atoms with van der Waals surface area (Å²) in [6.45, 7) is 1.59. The molecule has 0 atom stereocenters. The Hall–Kier alpha value is -2.78. The summed E-state index contributed by atoms with van der Waals surface area (Å²) in [5.41, 5.74) is 1.26. The van der Waals surface area contributed by atoms with Crippen molar-refractivity contribution in [2.24, 2.45) is 0 Å². The molecule has 1 aromatic carbocycles. The third kappa shape index (κ3) is 4.01. The Labute approximate surface area is 144 Å².